The minimum absolute atomic E-state index is 0.0421. The molecule has 0 bridgehead atoms. The highest BCUT2D eigenvalue weighted by Crippen LogP contribution is 2.21. The zero-order valence-electron chi connectivity index (χ0n) is 18.3. The summed E-state index contributed by atoms with van der Waals surface area (Å²) in [4.78, 5) is 24.2. The number of ketones is 1. The van der Waals surface area contributed by atoms with Gasteiger partial charge < -0.3 is 9.64 Å². The van der Waals surface area contributed by atoms with Crippen molar-refractivity contribution in [3.8, 4) is 0 Å². The lowest BCUT2D eigenvalue weighted by Crippen LogP contribution is -2.42. The van der Waals surface area contributed by atoms with Crippen molar-refractivity contribution < 1.29 is 14.3 Å². The van der Waals surface area contributed by atoms with Crippen molar-refractivity contribution >= 4 is 12.2 Å². The van der Waals surface area contributed by atoms with Crippen LogP contribution in [0.2, 0.25) is 0 Å². The number of carbonyl (C=O) groups is 2. The molecule has 0 rings (SSSR count). The minimum atomic E-state index is -0.447. The van der Waals surface area contributed by atoms with Crippen LogP contribution in [0.1, 0.15) is 93.9 Å². The summed E-state index contributed by atoms with van der Waals surface area (Å²) >= 11 is 0. The molecule has 0 aromatic heterocycles. The second-order valence-corrected chi connectivity index (χ2v) is 8.39. The lowest BCUT2D eigenvalue weighted by atomic mass is 9.95. The van der Waals surface area contributed by atoms with Gasteiger partial charge in [-0.1, -0.05) is 53.4 Å². The highest BCUT2D eigenvalue weighted by molar-refractivity contribution is 5.81. The second kappa shape index (κ2) is 13.3. The van der Waals surface area contributed by atoms with Crippen molar-refractivity contribution in [2.75, 3.05) is 13.7 Å². The highest BCUT2D eigenvalue weighted by atomic mass is 16.5. The third kappa shape index (κ3) is 14.0. The first-order chi connectivity index (χ1) is 11.4. The number of ether oxygens (including phenoxy) is 1. The van der Waals surface area contributed by atoms with Crippen LogP contribution in [0.3, 0.4) is 0 Å². The molecule has 0 unspecified atom stereocenters. The number of carbonyl (C=O) groups excluding carboxylic acids is 2. The quantitative estimate of drug-likeness (QED) is 0.354. The van der Waals surface area contributed by atoms with Gasteiger partial charge in [0.2, 0.25) is 6.41 Å². The van der Waals surface area contributed by atoms with Crippen molar-refractivity contribution in [2.45, 2.75) is 105 Å². The topological polar surface area (TPSA) is 46.6 Å². The van der Waals surface area contributed by atoms with Crippen LogP contribution < -0.4 is 0 Å². The number of unbranched alkanes of at least 4 members (excludes halogenated alkanes) is 3. The second-order valence-electron chi connectivity index (χ2n) is 8.39. The third-order valence-electron chi connectivity index (χ3n) is 4.52. The summed E-state index contributed by atoms with van der Waals surface area (Å²) in [5, 5.41) is 0. The van der Waals surface area contributed by atoms with Crippen molar-refractivity contribution in [3.05, 3.63) is 0 Å². The first-order valence-electron chi connectivity index (χ1n) is 9.78. The molecule has 0 aliphatic carbocycles. The van der Waals surface area contributed by atoms with E-state index in [4.69, 9.17) is 4.74 Å². The van der Waals surface area contributed by atoms with Crippen molar-refractivity contribution in [3.63, 3.8) is 0 Å². The number of nitrogens with zero attached hydrogens (tertiary/aromatic N) is 1. The molecule has 0 aliphatic heterocycles. The molecule has 0 heterocycles. The molecule has 150 valence electrons. The average Bonchev–Trinajstić information content (AvgIpc) is 2.51. The van der Waals surface area contributed by atoms with Crippen LogP contribution in [-0.2, 0) is 14.3 Å². The van der Waals surface area contributed by atoms with Crippen LogP contribution in [0.4, 0.5) is 0 Å². The van der Waals surface area contributed by atoms with E-state index in [2.05, 4.69) is 13.8 Å². The van der Waals surface area contributed by atoms with Gasteiger partial charge in [-0.2, -0.15) is 0 Å². The zero-order valence-corrected chi connectivity index (χ0v) is 18.3. The first-order valence-corrected chi connectivity index (χ1v) is 9.78. The average molecular weight is 358 g/mol. The van der Waals surface area contributed by atoms with Gasteiger partial charge in [0.15, 0.2) is 0 Å². The molecule has 25 heavy (non-hydrogen) atoms. The van der Waals surface area contributed by atoms with Gasteiger partial charge in [0.1, 0.15) is 5.78 Å². The van der Waals surface area contributed by atoms with E-state index >= 15 is 0 Å². The Labute approximate surface area is 156 Å². The fourth-order valence-corrected chi connectivity index (χ4v) is 2.07. The molecule has 0 saturated carbocycles. The van der Waals surface area contributed by atoms with Crippen LogP contribution in [0.25, 0.3) is 0 Å². The van der Waals surface area contributed by atoms with E-state index in [1.54, 1.807) is 11.9 Å². The first kappa shape index (κ1) is 26.3. The van der Waals surface area contributed by atoms with E-state index < -0.39 is 5.60 Å². The molecule has 0 N–H and O–H groups in total. The molecule has 0 aliphatic rings. The minimum Gasteiger partial charge on any atom is -0.375 e. The van der Waals surface area contributed by atoms with Gasteiger partial charge in [-0.05, 0) is 34.1 Å². The van der Waals surface area contributed by atoms with Gasteiger partial charge in [0.25, 0.3) is 0 Å². The maximum Gasteiger partial charge on any atom is 0.209 e. The van der Waals surface area contributed by atoms with E-state index in [1.165, 1.54) is 25.7 Å². The Bertz CT molecular complexity index is 358. The van der Waals surface area contributed by atoms with Gasteiger partial charge in [-0.25, -0.2) is 0 Å². The molecule has 0 saturated heterocycles. The Morgan fingerprint density at radius 2 is 1.56 bits per heavy atom. The molecule has 0 atom stereocenters. The molecule has 0 spiro atoms. The summed E-state index contributed by atoms with van der Waals surface area (Å²) in [7, 11) is 1.76. The molecular formula is C21H43NO3. The smallest absolute Gasteiger partial charge is 0.209 e. The highest BCUT2D eigenvalue weighted by Gasteiger charge is 2.27. The third-order valence-corrected chi connectivity index (χ3v) is 4.52. The van der Waals surface area contributed by atoms with Crippen LogP contribution in [-0.4, -0.2) is 41.9 Å². The summed E-state index contributed by atoms with van der Waals surface area (Å²) in [6, 6.07) is 0. The van der Waals surface area contributed by atoms with E-state index in [0.717, 1.165) is 12.8 Å². The van der Waals surface area contributed by atoms with E-state index in [1.807, 2.05) is 41.5 Å². The van der Waals surface area contributed by atoms with Gasteiger partial charge in [-0.15, -0.1) is 0 Å². The normalized spacial score (nSPS) is 11.8. The Morgan fingerprint density at radius 1 is 1.08 bits per heavy atom. The predicted octanol–water partition coefficient (Wildman–Crippen LogP) is 5.24. The lowest BCUT2D eigenvalue weighted by molar-refractivity contribution is -0.129. The number of Topliss-reactive ketones (excluding diaryl/α,β-unsaturated/α-hetero) is 1. The molecule has 0 fully saturated rings. The fraction of sp³-hybridized carbons (Fsp3) is 0.905. The molecule has 1 amide bonds. The Balaban J connectivity index is 0. The monoisotopic (exact) mass is 357 g/mol. The fourth-order valence-electron chi connectivity index (χ4n) is 2.07. The predicted molar refractivity (Wildman–Crippen MR) is 107 cm³/mol. The number of hydrogen-bond acceptors (Lipinski definition) is 3. The standard InChI is InChI=1S/C15H29NO3.C6H14/c1-12(2)13(18)10-15(5,6)19-9-8-14(3,4)16(7)11-17;1-3-5-6-4-2/h11-12H,8-10H2,1-7H3;3-6H2,1-2H3. The Kier molecular flexibility index (Phi) is 14.0. The van der Waals surface area contributed by atoms with Crippen molar-refractivity contribution in [2.24, 2.45) is 5.92 Å². The molecule has 0 aromatic carbocycles. The van der Waals surface area contributed by atoms with Gasteiger partial charge in [0.05, 0.1) is 5.60 Å². The number of hydrogen-bond donors (Lipinski definition) is 0. The summed E-state index contributed by atoms with van der Waals surface area (Å²) in [6.07, 6.45) is 7.53. The zero-order chi connectivity index (χ0) is 20.1. The van der Waals surface area contributed by atoms with Gasteiger partial charge in [0, 0.05) is 31.5 Å². The summed E-state index contributed by atoms with van der Waals surface area (Å²) in [5.41, 5.74) is -0.683. The SMILES string of the molecule is CC(C)C(=O)CC(C)(C)OCCC(C)(C)N(C)C=O.CCCCCC. The van der Waals surface area contributed by atoms with E-state index in [-0.39, 0.29) is 17.2 Å². The van der Waals surface area contributed by atoms with Crippen molar-refractivity contribution in [1.29, 1.82) is 0 Å². The van der Waals surface area contributed by atoms with Crippen LogP contribution in [0.15, 0.2) is 0 Å². The Hall–Kier alpha value is -0.900. The van der Waals surface area contributed by atoms with Gasteiger partial charge in [-0.3, -0.25) is 9.59 Å². The van der Waals surface area contributed by atoms with E-state index in [9.17, 15) is 9.59 Å². The molecular weight excluding hydrogens is 314 g/mol. The maximum atomic E-state index is 11.7. The Morgan fingerprint density at radius 3 is 1.92 bits per heavy atom. The number of rotatable bonds is 12. The molecule has 0 aromatic rings. The summed E-state index contributed by atoms with van der Waals surface area (Å²) < 4.78 is 5.82. The van der Waals surface area contributed by atoms with Crippen LogP contribution in [0.5, 0.6) is 0 Å². The molecule has 4 heteroatoms. The molecule has 4 nitrogen and oxygen atoms in total. The lowest BCUT2D eigenvalue weighted by Gasteiger charge is -2.34. The van der Waals surface area contributed by atoms with E-state index in [0.29, 0.717) is 13.0 Å². The van der Waals surface area contributed by atoms with Gasteiger partial charge >= 0.3 is 0 Å². The summed E-state index contributed by atoms with van der Waals surface area (Å²) in [5.74, 6) is 0.259. The molecule has 0 radical (unpaired) electrons. The van der Waals surface area contributed by atoms with Crippen molar-refractivity contribution in [1.82, 2.24) is 4.90 Å². The summed E-state index contributed by atoms with van der Waals surface area (Å²) in [6.45, 7) is 16.7. The largest absolute Gasteiger partial charge is 0.375 e. The van der Waals surface area contributed by atoms with Crippen LogP contribution >= 0.6 is 0 Å². The number of amides is 1. The van der Waals surface area contributed by atoms with Crippen LogP contribution in [0, 0.1) is 5.92 Å². The maximum absolute atomic E-state index is 11.7.